The van der Waals surface area contributed by atoms with E-state index in [1.165, 1.54) is 5.56 Å². The summed E-state index contributed by atoms with van der Waals surface area (Å²) in [5.74, 6) is 0.0582. The number of aryl methyl sites for hydroxylation is 1. The molecule has 34 heavy (non-hydrogen) atoms. The van der Waals surface area contributed by atoms with Gasteiger partial charge < -0.3 is 14.8 Å². The summed E-state index contributed by atoms with van der Waals surface area (Å²) in [5, 5.41) is 12.7. The molecule has 1 atom stereocenters. The van der Waals surface area contributed by atoms with Crippen molar-refractivity contribution >= 4 is 11.6 Å². The Kier molecular flexibility index (Phi) is 9.00. The molecule has 0 aliphatic rings. The van der Waals surface area contributed by atoms with Crippen LogP contribution in [0.1, 0.15) is 61.1 Å². The molecule has 178 valence electrons. The van der Waals surface area contributed by atoms with Crippen molar-refractivity contribution in [3.8, 4) is 6.07 Å². The first-order valence-electron chi connectivity index (χ1n) is 12.0. The van der Waals surface area contributed by atoms with Crippen LogP contribution < -0.4 is 10.2 Å². The second-order valence-corrected chi connectivity index (χ2v) is 8.89. The number of anilines is 1. The number of hydrogen-bond acceptors (Lipinski definition) is 4. The van der Waals surface area contributed by atoms with Gasteiger partial charge >= 0.3 is 0 Å². The van der Waals surface area contributed by atoms with Crippen molar-refractivity contribution in [2.45, 2.75) is 66.1 Å². The van der Waals surface area contributed by atoms with Crippen LogP contribution in [0.5, 0.6) is 0 Å². The molecule has 0 aliphatic carbocycles. The van der Waals surface area contributed by atoms with Gasteiger partial charge in [0.1, 0.15) is 0 Å². The zero-order valence-electron chi connectivity index (χ0n) is 20.7. The Morgan fingerprint density at radius 2 is 1.97 bits per heavy atom. The predicted molar refractivity (Wildman–Crippen MR) is 137 cm³/mol. The monoisotopic (exact) mass is 457 g/mol. The summed E-state index contributed by atoms with van der Waals surface area (Å²) in [7, 11) is 0. The molecule has 1 unspecified atom stereocenters. The van der Waals surface area contributed by atoms with Gasteiger partial charge in [0.2, 0.25) is 5.91 Å². The van der Waals surface area contributed by atoms with Gasteiger partial charge in [0.15, 0.2) is 0 Å². The van der Waals surface area contributed by atoms with Crippen LogP contribution in [0.25, 0.3) is 0 Å². The van der Waals surface area contributed by atoms with Crippen LogP contribution in [0.15, 0.2) is 55.0 Å². The number of nitrogens with one attached hydrogen (secondary N) is 1. The lowest BCUT2D eigenvalue weighted by molar-refractivity contribution is -0.116. The number of benzene rings is 2. The number of carbonyl (C=O) groups excluding carboxylic acids is 1. The van der Waals surface area contributed by atoms with Crippen LogP contribution in [-0.2, 0) is 17.9 Å². The van der Waals surface area contributed by atoms with Crippen molar-refractivity contribution in [2.75, 3.05) is 11.4 Å². The molecule has 0 saturated heterocycles. The Morgan fingerprint density at radius 1 is 1.21 bits per heavy atom. The third kappa shape index (κ3) is 6.55. The van der Waals surface area contributed by atoms with Crippen LogP contribution >= 0.6 is 0 Å². The van der Waals surface area contributed by atoms with Crippen molar-refractivity contribution in [3.05, 3.63) is 82.9 Å². The molecule has 3 aromatic rings. The number of aromatic nitrogens is 2. The van der Waals surface area contributed by atoms with E-state index in [1.54, 1.807) is 6.92 Å². The Balaban J connectivity index is 1.72. The van der Waals surface area contributed by atoms with E-state index in [9.17, 15) is 4.79 Å². The van der Waals surface area contributed by atoms with Crippen molar-refractivity contribution < 1.29 is 4.79 Å². The molecule has 6 heteroatoms. The van der Waals surface area contributed by atoms with Crippen LogP contribution in [0.4, 0.5) is 5.69 Å². The minimum absolute atomic E-state index is 0.0582. The van der Waals surface area contributed by atoms with E-state index in [2.05, 4.69) is 47.8 Å². The number of carbonyl (C=O) groups is 1. The topological polar surface area (TPSA) is 74.0 Å². The Hall–Kier alpha value is -3.43. The first-order valence-corrected chi connectivity index (χ1v) is 12.0. The van der Waals surface area contributed by atoms with Gasteiger partial charge in [0.05, 0.1) is 23.7 Å². The zero-order chi connectivity index (χ0) is 24.5. The number of unbranched alkanes of at least 4 members (excludes halogenated alkanes) is 1. The first kappa shape index (κ1) is 25.2. The Bertz CT molecular complexity index is 1130. The van der Waals surface area contributed by atoms with Gasteiger partial charge in [0.25, 0.3) is 0 Å². The number of imidazole rings is 1. The molecule has 0 bridgehead atoms. The fraction of sp³-hybridized carbons (Fsp3) is 0.393. The van der Waals surface area contributed by atoms with Gasteiger partial charge in [-0.25, -0.2) is 4.98 Å². The lowest BCUT2D eigenvalue weighted by Gasteiger charge is -2.29. The number of rotatable bonds is 11. The van der Waals surface area contributed by atoms with Crippen molar-refractivity contribution in [3.63, 3.8) is 0 Å². The number of hydrogen-bond donors (Lipinski definition) is 1. The highest BCUT2D eigenvalue weighted by molar-refractivity contribution is 5.92. The molecule has 0 aliphatic heterocycles. The molecule has 1 N–H and O–H groups in total. The predicted octanol–water partition coefficient (Wildman–Crippen LogP) is 5.12. The molecule has 0 spiro atoms. The third-order valence-corrected chi connectivity index (χ3v) is 6.36. The minimum Gasteiger partial charge on any atom is -0.329 e. The van der Waals surface area contributed by atoms with Crippen LogP contribution in [0.3, 0.4) is 0 Å². The molecular weight excluding hydrogens is 422 g/mol. The van der Waals surface area contributed by atoms with Crippen LogP contribution in [0.2, 0.25) is 0 Å². The highest BCUT2D eigenvalue weighted by Gasteiger charge is 2.20. The normalized spacial score (nSPS) is 11.7. The van der Waals surface area contributed by atoms with Crippen molar-refractivity contribution in [1.82, 2.24) is 14.9 Å². The minimum atomic E-state index is 0.0582. The molecule has 1 heterocycles. The van der Waals surface area contributed by atoms with Crippen molar-refractivity contribution in [2.24, 2.45) is 0 Å². The highest BCUT2D eigenvalue weighted by atomic mass is 16.2. The van der Waals surface area contributed by atoms with E-state index >= 15 is 0 Å². The van der Waals surface area contributed by atoms with E-state index < -0.39 is 0 Å². The molecule has 0 fully saturated rings. The Morgan fingerprint density at radius 3 is 2.65 bits per heavy atom. The van der Waals surface area contributed by atoms with Crippen LogP contribution in [-0.4, -0.2) is 28.0 Å². The van der Waals surface area contributed by atoms with Gasteiger partial charge in [-0.2, -0.15) is 5.26 Å². The van der Waals surface area contributed by atoms with E-state index in [1.807, 2.05) is 53.8 Å². The molecule has 0 saturated carbocycles. The lowest BCUT2D eigenvalue weighted by Crippen LogP contribution is -2.43. The van der Waals surface area contributed by atoms with Gasteiger partial charge in [-0.15, -0.1) is 0 Å². The number of nitrogens with zero attached hydrogens (tertiary/aromatic N) is 4. The van der Waals surface area contributed by atoms with E-state index in [0.29, 0.717) is 25.2 Å². The standard InChI is InChI=1S/C28H35N5O/c1-5-6-9-26(19-33(23(4)34)28-10-7-8-21(2)22(28)3)31-17-27-16-30-20-32(27)18-25-13-11-24(15-29)12-14-25/h7-8,10-14,16,20,26,31H,5-6,9,17-19H2,1-4H3. The summed E-state index contributed by atoms with van der Waals surface area (Å²) in [6, 6.07) is 16.1. The molecule has 1 amide bonds. The van der Waals surface area contributed by atoms with Gasteiger partial charge in [0, 0.05) is 44.5 Å². The van der Waals surface area contributed by atoms with E-state index in [-0.39, 0.29) is 11.9 Å². The molecule has 1 aromatic heterocycles. The summed E-state index contributed by atoms with van der Waals surface area (Å²) in [4.78, 5) is 18.9. The summed E-state index contributed by atoms with van der Waals surface area (Å²) in [5.41, 5.74) is 6.20. The molecule has 6 nitrogen and oxygen atoms in total. The summed E-state index contributed by atoms with van der Waals surface area (Å²) in [6.45, 7) is 10.00. The largest absolute Gasteiger partial charge is 0.329 e. The zero-order valence-corrected chi connectivity index (χ0v) is 20.7. The summed E-state index contributed by atoms with van der Waals surface area (Å²) >= 11 is 0. The average Bonchev–Trinajstić information content (AvgIpc) is 3.27. The molecule has 2 aromatic carbocycles. The second kappa shape index (κ2) is 12.2. The van der Waals surface area contributed by atoms with Gasteiger partial charge in [-0.3, -0.25) is 4.79 Å². The quantitative estimate of drug-likeness (QED) is 0.434. The lowest BCUT2D eigenvalue weighted by atomic mass is 10.0. The van der Waals surface area contributed by atoms with Gasteiger partial charge in [-0.1, -0.05) is 44.0 Å². The van der Waals surface area contributed by atoms with Crippen molar-refractivity contribution in [1.29, 1.82) is 5.26 Å². The second-order valence-electron chi connectivity index (χ2n) is 8.89. The fourth-order valence-electron chi connectivity index (χ4n) is 4.12. The van der Waals surface area contributed by atoms with E-state index in [4.69, 9.17) is 5.26 Å². The third-order valence-electron chi connectivity index (χ3n) is 6.36. The first-order chi connectivity index (χ1) is 16.4. The maximum absolute atomic E-state index is 12.6. The maximum Gasteiger partial charge on any atom is 0.223 e. The van der Waals surface area contributed by atoms with E-state index in [0.717, 1.165) is 41.8 Å². The maximum atomic E-state index is 12.6. The Labute approximate surface area is 203 Å². The van der Waals surface area contributed by atoms with Crippen LogP contribution in [0, 0.1) is 25.2 Å². The highest BCUT2D eigenvalue weighted by Crippen LogP contribution is 2.24. The molecular formula is C28H35N5O. The molecule has 0 radical (unpaired) electrons. The fourth-order valence-corrected chi connectivity index (χ4v) is 4.12. The average molecular weight is 458 g/mol. The molecule has 3 rings (SSSR count). The summed E-state index contributed by atoms with van der Waals surface area (Å²) < 4.78 is 2.12. The SMILES string of the molecule is CCCCC(CN(C(C)=O)c1cccc(C)c1C)NCc1cncn1Cc1ccc(C#N)cc1. The number of amides is 1. The summed E-state index contributed by atoms with van der Waals surface area (Å²) in [6.07, 6.45) is 6.93. The van der Waals surface area contributed by atoms with Gasteiger partial charge in [-0.05, 0) is 55.2 Å². The smallest absolute Gasteiger partial charge is 0.223 e. The number of nitriles is 1.